The van der Waals surface area contributed by atoms with Crippen molar-refractivity contribution in [2.24, 2.45) is 5.73 Å². The molecule has 0 radical (unpaired) electrons. The fourth-order valence-electron chi connectivity index (χ4n) is 1.40. The summed E-state index contributed by atoms with van der Waals surface area (Å²) in [6.45, 7) is 1.96. The Bertz CT molecular complexity index is 512. The average Bonchev–Trinajstić information content (AvgIpc) is 2.64. The molecule has 1 heterocycles. The molecule has 1 aromatic carbocycles. The molecule has 1 atom stereocenters. The maximum Gasteiger partial charge on any atom is 0.114 e. The molecule has 2 N–H and O–H groups in total. The first-order valence-electron chi connectivity index (χ1n) is 4.70. The Morgan fingerprint density at radius 3 is 2.81 bits per heavy atom. The van der Waals surface area contributed by atoms with Crippen LogP contribution in [0.1, 0.15) is 22.3 Å². The number of rotatable bonds is 2. The quantitative estimate of drug-likeness (QED) is 0.912. The maximum absolute atomic E-state index is 6.16. The fraction of sp³-hybridized carbons (Fsp3) is 0.182. The Morgan fingerprint density at radius 1 is 1.50 bits per heavy atom. The molecule has 0 bridgehead atoms. The summed E-state index contributed by atoms with van der Waals surface area (Å²) in [6, 6.07) is 5.40. The summed E-state index contributed by atoms with van der Waals surface area (Å²) >= 11 is 10.9. The summed E-state index contributed by atoms with van der Waals surface area (Å²) < 4.78 is 0.917. The first kappa shape index (κ1) is 12.0. The number of aryl methyl sites for hydroxylation is 1. The van der Waals surface area contributed by atoms with Gasteiger partial charge in [0.05, 0.1) is 6.04 Å². The smallest absolute Gasteiger partial charge is 0.114 e. The van der Waals surface area contributed by atoms with E-state index in [1.54, 1.807) is 11.3 Å². The average molecular weight is 318 g/mol. The number of halogens is 2. The van der Waals surface area contributed by atoms with E-state index in [-0.39, 0.29) is 6.04 Å². The largest absolute Gasteiger partial charge is 0.318 e. The number of aromatic nitrogens is 1. The molecule has 0 saturated heterocycles. The van der Waals surface area contributed by atoms with Crippen molar-refractivity contribution in [2.45, 2.75) is 13.0 Å². The van der Waals surface area contributed by atoms with Crippen molar-refractivity contribution >= 4 is 38.9 Å². The van der Waals surface area contributed by atoms with Gasteiger partial charge in [0.25, 0.3) is 0 Å². The van der Waals surface area contributed by atoms with E-state index >= 15 is 0 Å². The van der Waals surface area contributed by atoms with Gasteiger partial charge in [-0.2, -0.15) is 0 Å². The van der Waals surface area contributed by atoms with E-state index in [1.165, 1.54) is 0 Å². The van der Waals surface area contributed by atoms with Gasteiger partial charge in [-0.15, -0.1) is 11.3 Å². The van der Waals surface area contributed by atoms with Gasteiger partial charge in [-0.1, -0.05) is 33.6 Å². The van der Waals surface area contributed by atoms with Gasteiger partial charge in [-0.05, 0) is 24.6 Å². The minimum Gasteiger partial charge on any atom is -0.318 e. The Balaban J connectivity index is 2.37. The minimum atomic E-state index is -0.203. The molecule has 1 unspecified atom stereocenters. The fourth-order valence-corrected chi connectivity index (χ4v) is 3.15. The van der Waals surface area contributed by atoms with Crippen LogP contribution in [-0.2, 0) is 0 Å². The molecule has 2 rings (SSSR count). The molecule has 0 saturated carbocycles. The van der Waals surface area contributed by atoms with Crippen molar-refractivity contribution in [1.29, 1.82) is 0 Å². The van der Waals surface area contributed by atoms with Gasteiger partial charge in [-0.25, -0.2) is 4.98 Å². The first-order chi connectivity index (χ1) is 7.58. The summed E-state index contributed by atoms with van der Waals surface area (Å²) in [5, 5.41) is 3.61. The molecular weight excluding hydrogens is 308 g/mol. The van der Waals surface area contributed by atoms with Crippen LogP contribution in [0.15, 0.2) is 28.1 Å². The summed E-state index contributed by atoms with van der Waals surface area (Å²) in [5.41, 5.74) is 8.15. The summed E-state index contributed by atoms with van der Waals surface area (Å²) in [4.78, 5) is 4.39. The molecule has 1 aromatic heterocycles. The van der Waals surface area contributed by atoms with Crippen LogP contribution in [0.5, 0.6) is 0 Å². The molecule has 0 spiro atoms. The Morgan fingerprint density at radius 2 is 2.25 bits per heavy atom. The number of benzene rings is 1. The molecule has 5 heteroatoms. The van der Waals surface area contributed by atoms with Crippen molar-refractivity contribution in [3.8, 4) is 0 Å². The van der Waals surface area contributed by atoms with Crippen molar-refractivity contribution in [2.75, 3.05) is 0 Å². The van der Waals surface area contributed by atoms with E-state index in [4.69, 9.17) is 17.3 Å². The van der Waals surface area contributed by atoms with Crippen LogP contribution in [0.25, 0.3) is 0 Å². The van der Waals surface area contributed by atoms with Gasteiger partial charge < -0.3 is 5.73 Å². The molecule has 0 aliphatic heterocycles. The lowest BCUT2D eigenvalue weighted by Gasteiger charge is -2.11. The third-order valence-electron chi connectivity index (χ3n) is 2.20. The Kier molecular flexibility index (Phi) is 3.64. The second-order valence-corrected chi connectivity index (χ2v) is 5.65. The topological polar surface area (TPSA) is 38.9 Å². The Labute approximate surface area is 112 Å². The number of nitrogens with two attached hydrogens (primary N) is 1. The van der Waals surface area contributed by atoms with E-state index in [1.807, 2.05) is 30.5 Å². The van der Waals surface area contributed by atoms with Crippen LogP contribution < -0.4 is 5.73 Å². The zero-order chi connectivity index (χ0) is 11.7. The van der Waals surface area contributed by atoms with E-state index in [0.29, 0.717) is 5.02 Å². The zero-order valence-electron chi connectivity index (χ0n) is 8.58. The minimum absolute atomic E-state index is 0.203. The second-order valence-electron chi connectivity index (χ2n) is 3.47. The van der Waals surface area contributed by atoms with Gasteiger partial charge in [0.2, 0.25) is 0 Å². The second kappa shape index (κ2) is 4.84. The van der Waals surface area contributed by atoms with Crippen LogP contribution in [0.4, 0.5) is 0 Å². The third-order valence-corrected chi connectivity index (χ3v) is 4.17. The molecule has 0 fully saturated rings. The van der Waals surface area contributed by atoms with Crippen LogP contribution >= 0.6 is 38.9 Å². The normalized spacial score (nSPS) is 12.8. The highest BCUT2D eigenvalue weighted by Crippen LogP contribution is 2.30. The molecule has 0 aliphatic rings. The van der Waals surface area contributed by atoms with Gasteiger partial charge >= 0.3 is 0 Å². The van der Waals surface area contributed by atoms with Crippen LogP contribution in [0.3, 0.4) is 0 Å². The van der Waals surface area contributed by atoms with Crippen LogP contribution in [-0.4, -0.2) is 4.98 Å². The lowest BCUT2D eigenvalue weighted by molar-refractivity contribution is 0.847. The van der Waals surface area contributed by atoms with E-state index in [0.717, 1.165) is 20.7 Å². The van der Waals surface area contributed by atoms with Crippen LogP contribution in [0.2, 0.25) is 5.02 Å². The SMILES string of the molecule is Cc1csc(C(N)c2ccc(Cl)cc2Br)n1. The predicted octanol–water partition coefficient (Wildman–Crippen LogP) is 3.92. The predicted molar refractivity (Wildman–Crippen MR) is 72.0 cm³/mol. The van der Waals surface area contributed by atoms with Gasteiger partial charge in [0, 0.05) is 20.6 Å². The molecule has 0 amide bonds. The van der Waals surface area contributed by atoms with Crippen molar-refractivity contribution < 1.29 is 0 Å². The molecular formula is C11H10BrClN2S. The maximum atomic E-state index is 6.16. The van der Waals surface area contributed by atoms with E-state index in [9.17, 15) is 0 Å². The number of hydrogen-bond acceptors (Lipinski definition) is 3. The Hall–Kier alpha value is -0.420. The molecule has 2 nitrogen and oxygen atoms in total. The number of thiazole rings is 1. The highest BCUT2D eigenvalue weighted by molar-refractivity contribution is 9.10. The summed E-state index contributed by atoms with van der Waals surface area (Å²) in [7, 11) is 0. The van der Waals surface area contributed by atoms with Gasteiger partial charge in [0.1, 0.15) is 5.01 Å². The van der Waals surface area contributed by atoms with E-state index < -0.39 is 0 Å². The summed E-state index contributed by atoms with van der Waals surface area (Å²) in [5.74, 6) is 0. The first-order valence-corrected chi connectivity index (χ1v) is 6.75. The lowest BCUT2D eigenvalue weighted by Crippen LogP contribution is -2.12. The monoisotopic (exact) mass is 316 g/mol. The molecule has 16 heavy (non-hydrogen) atoms. The van der Waals surface area contributed by atoms with Gasteiger partial charge in [-0.3, -0.25) is 0 Å². The highest BCUT2D eigenvalue weighted by atomic mass is 79.9. The van der Waals surface area contributed by atoms with Crippen molar-refractivity contribution in [3.63, 3.8) is 0 Å². The standard InChI is InChI=1S/C11H10BrClN2S/c1-6-5-16-11(15-6)10(14)8-3-2-7(13)4-9(8)12/h2-5,10H,14H2,1H3. The zero-order valence-corrected chi connectivity index (χ0v) is 11.7. The van der Waals surface area contributed by atoms with E-state index in [2.05, 4.69) is 20.9 Å². The summed E-state index contributed by atoms with van der Waals surface area (Å²) in [6.07, 6.45) is 0. The third kappa shape index (κ3) is 2.46. The molecule has 0 aliphatic carbocycles. The highest BCUT2D eigenvalue weighted by Gasteiger charge is 2.15. The van der Waals surface area contributed by atoms with Crippen LogP contribution in [0, 0.1) is 6.92 Å². The van der Waals surface area contributed by atoms with Crippen molar-refractivity contribution in [3.05, 3.63) is 49.3 Å². The number of hydrogen-bond donors (Lipinski definition) is 1. The molecule has 84 valence electrons. The lowest BCUT2D eigenvalue weighted by atomic mass is 10.1. The molecule has 2 aromatic rings. The number of nitrogens with zero attached hydrogens (tertiary/aromatic N) is 1. The van der Waals surface area contributed by atoms with Crippen molar-refractivity contribution in [1.82, 2.24) is 4.98 Å². The van der Waals surface area contributed by atoms with Gasteiger partial charge in [0.15, 0.2) is 0 Å².